The normalized spacial score (nSPS) is 16.6. The Morgan fingerprint density at radius 2 is 2.25 bits per heavy atom. The fourth-order valence-corrected chi connectivity index (χ4v) is 3.87. The van der Waals surface area contributed by atoms with E-state index in [1.807, 2.05) is 29.0 Å². The molecular formula is C15H17NO2S2. The zero-order valence-corrected chi connectivity index (χ0v) is 12.7. The van der Waals surface area contributed by atoms with Crippen molar-refractivity contribution < 1.29 is 9.90 Å². The first-order valence-corrected chi connectivity index (χ1v) is 8.56. The van der Waals surface area contributed by atoms with Gasteiger partial charge < -0.3 is 10.4 Å². The van der Waals surface area contributed by atoms with Gasteiger partial charge in [0, 0.05) is 15.7 Å². The highest BCUT2D eigenvalue weighted by atomic mass is 32.1. The van der Waals surface area contributed by atoms with Crippen LogP contribution in [-0.4, -0.2) is 11.0 Å². The summed E-state index contributed by atoms with van der Waals surface area (Å²) in [5.41, 5.74) is 0.932. The molecule has 5 heteroatoms. The van der Waals surface area contributed by atoms with E-state index in [0.29, 0.717) is 6.54 Å². The van der Waals surface area contributed by atoms with Gasteiger partial charge in [0.2, 0.25) is 5.91 Å². The van der Waals surface area contributed by atoms with Crippen molar-refractivity contribution in [3.8, 4) is 0 Å². The van der Waals surface area contributed by atoms with Crippen molar-refractivity contribution in [3.05, 3.63) is 44.3 Å². The number of hydrogen-bond acceptors (Lipinski definition) is 4. The van der Waals surface area contributed by atoms with E-state index >= 15 is 0 Å². The Morgan fingerprint density at radius 1 is 1.40 bits per heavy atom. The first kappa shape index (κ1) is 13.8. The molecule has 3 rings (SSSR count). The summed E-state index contributed by atoms with van der Waals surface area (Å²) in [5.74, 6) is 0.399. The first-order valence-electron chi connectivity index (χ1n) is 6.80. The zero-order valence-electron chi connectivity index (χ0n) is 11.0. The van der Waals surface area contributed by atoms with E-state index in [-0.39, 0.29) is 11.8 Å². The SMILES string of the molecule is O=C(NCc1ccc(C(O)c2ccsc2)s1)C1CCC1. The largest absolute Gasteiger partial charge is 0.383 e. The number of hydrogen-bond donors (Lipinski definition) is 2. The van der Waals surface area contributed by atoms with Gasteiger partial charge in [0.05, 0.1) is 6.54 Å². The van der Waals surface area contributed by atoms with Crippen LogP contribution < -0.4 is 5.32 Å². The smallest absolute Gasteiger partial charge is 0.223 e. The van der Waals surface area contributed by atoms with Gasteiger partial charge in [-0.3, -0.25) is 4.79 Å². The minimum absolute atomic E-state index is 0.171. The maximum absolute atomic E-state index is 11.8. The van der Waals surface area contributed by atoms with E-state index in [9.17, 15) is 9.90 Å². The highest BCUT2D eigenvalue weighted by molar-refractivity contribution is 7.12. The molecule has 0 spiro atoms. The minimum Gasteiger partial charge on any atom is -0.383 e. The second kappa shape index (κ2) is 6.08. The number of aliphatic hydroxyl groups is 1. The number of aliphatic hydroxyl groups excluding tert-OH is 1. The molecule has 106 valence electrons. The van der Waals surface area contributed by atoms with Gasteiger partial charge in [-0.1, -0.05) is 6.42 Å². The van der Waals surface area contributed by atoms with Crippen molar-refractivity contribution in [1.29, 1.82) is 0 Å². The monoisotopic (exact) mass is 307 g/mol. The number of amides is 1. The molecular weight excluding hydrogens is 290 g/mol. The van der Waals surface area contributed by atoms with Crippen LogP contribution in [-0.2, 0) is 11.3 Å². The van der Waals surface area contributed by atoms with E-state index in [2.05, 4.69) is 5.32 Å². The molecule has 2 aromatic rings. The summed E-state index contributed by atoms with van der Waals surface area (Å²) in [7, 11) is 0. The number of carbonyl (C=O) groups excluding carboxylic acids is 1. The third kappa shape index (κ3) is 2.95. The maximum Gasteiger partial charge on any atom is 0.223 e. The average Bonchev–Trinajstić information content (AvgIpc) is 3.05. The number of thiophene rings is 2. The van der Waals surface area contributed by atoms with Crippen LogP contribution >= 0.6 is 22.7 Å². The van der Waals surface area contributed by atoms with E-state index in [1.165, 1.54) is 6.42 Å². The number of nitrogens with one attached hydrogen (secondary N) is 1. The zero-order chi connectivity index (χ0) is 13.9. The molecule has 2 aromatic heterocycles. The molecule has 2 heterocycles. The van der Waals surface area contributed by atoms with Gasteiger partial charge in [0.15, 0.2) is 0 Å². The second-order valence-corrected chi connectivity index (χ2v) is 7.09. The second-order valence-electron chi connectivity index (χ2n) is 5.11. The van der Waals surface area contributed by atoms with Crippen molar-refractivity contribution in [2.45, 2.75) is 31.9 Å². The van der Waals surface area contributed by atoms with Gasteiger partial charge in [0.25, 0.3) is 0 Å². The number of rotatable bonds is 5. The molecule has 1 aliphatic rings. The van der Waals surface area contributed by atoms with E-state index in [4.69, 9.17) is 0 Å². The number of carbonyl (C=O) groups is 1. The van der Waals surface area contributed by atoms with Crippen LogP contribution in [0.25, 0.3) is 0 Å². The Bertz CT molecular complexity index is 572. The summed E-state index contributed by atoms with van der Waals surface area (Å²) in [5, 5.41) is 17.1. The van der Waals surface area contributed by atoms with Crippen LogP contribution in [0.5, 0.6) is 0 Å². The topological polar surface area (TPSA) is 49.3 Å². The summed E-state index contributed by atoms with van der Waals surface area (Å²) in [4.78, 5) is 13.8. The van der Waals surface area contributed by atoms with Gasteiger partial charge in [-0.2, -0.15) is 11.3 Å². The first-order chi connectivity index (χ1) is 9.74. The lowest BCUT2D eigenvalue weighted by Crippen LogP contribution is -2.33. The molecule has 3 nitrogen and oxygen atoms in total. The molecule has 1 atom stereocenters. The van der Waals surface area contributed by atoms with Gasteiger partial charge in [-0.25, -0.2) is 0 Å². The molecule has 1 amide bonds. The third-order valence-corrected chi connectivity index (χ3v) is 5.56. The van der Waals surface area contributed by atoms with Crippen LogP contribution in [0.3, 0.4) is 0 Å². The molecule has 2 N–H and O–H groups in total. The van der Waals surface area contributed by atoms with Gasteiger partial charge >= 0.3 is 0 Å². The van der Waals surface area contributed by atoms with Crippen molar-refractivity contribution in [1.82, 2.24) is 5.32 Å². The van der Waals surface area contributed by atoms with Gasteiger partial charge in [0.1, 0.15) is 6.10 Å². The van der Waals surface area contributed by atoms with Crippen molar-refractivity contribution >= 4 is 28.6 Å². The van der Waals surface area contributed by atoms with Gasteiger partial charge in [-0.15, -0.1) is 11.3 Å². The Morgan fingerprint density at radius 3 is 2.90 bits per heavy atom. The summed E-state index contributed by atoms with van der Waals surface area (Å²) in [6.07, 6.45) is 2.67. The Kier molecular flexibility index (Phi) is 4.19. The lowest BCUT2D eigenvalue weighted by molar-refractivity contribution is -0.127. The lowest BCUT2D eigenvalue weighted by Gasteiger charge is -2.23. The molecule has 1 unspecified atom stereocenters. The van der Waals surface area contributed by atoms with Crippen LogP contribution in [0.2, 0.25) is 0 Å². The molecule has 0 aliphatic heterocycles. The summed E-state index contributed by atoms with van der Waals surface area (Å²) in [6, 6.07) is 5.86. The molecule has 0 saturated heterocycles. The molecule has 0 radical (unpaired) electrons. The summed E-state index contributed by atoms with van der Waals surface area (Å²) < 4.78 is 0. The Labute approximate surface area is 126 Å². The third-order valence-electron chi connectivity index (χ3n) is 3.72. The van der Waals surface area contributed by atoms with Crippen LogP contribution in [0.1, 0.15) is 40.7 Å². The maximum atomic E-state index is 11.8. The van der Waals surface area contributed by atoms with E-state index < -0.39 is 6.10 Å². The molecule has 0 bridgehead atoms. The Hall–Kier alpha value is -1.17. The van der Waals surface area contributed by atoms with E-state index in [1.54, 1.807) is 22.7 Å². The molecule has 20 heavy (non-hydrogen) atoms. The fourth-order valence-electron chi connectivity index (χ4n) is 2.22. The standard InChI is InChI=1S/C15H17NO2S2/c17-14(11-6-7-19-9-11)13-5-4-12(20-13)8-16-15(18)10-2-1-3-10/h4-7,9-10,14,17H,1-3,8H2,(H,16,18). The highest BCUT2D eigenvalue weighted by Gasteiger charge is 2.24. The van der Waals surface area contributed by atoms with Crippen molar-refractivity contribution in [2.24, 2.45) is 5.92 Å². The van der Waals surface area contributed by atoms with E-state index in [0.717, 1.165) is 28.2 Å². The lowest BCUT2D eigenvalue weighted by atomic mass is 9.85. The van der Waals surface area contributed by atoms with Crippen LogP contribution in [0, 0.1) is 5.92 Å². The average molecular weight is 307 g/mol. The minimum atomic E-state index is -0.553. The quantitative estimate of drug-likeness (QED) is 0.890. The molecule has 1 saturated carbocycles. The molecule has 0 aromatic carbocycles. The summed E-state index contributed by atoms with van der Waals surface area (Å²) in [6.45, 7) is 0.566. The van der Waals surface area contributed by atoms with Gasteiger partial charge in [-0.05, 0) is 47.4 Å². The van der Waals surface area contributed by atoms with Crippen molar-refractivity contribution in [2.75, 3.05) is 0 Å². The Balaban J connectivity index is 1.57. The predicted molar refractivity (Wildman–Crippen MR) is 81.9 cm³/mol. The fraction of sp³-hybridized carbons (Fsp3) is 0.400. The van der Waals surface area contributed by atoms with Crippen LogP contribution in [0.15, 0.2) is 29.0 Å². The predicted octanol–water partition coefficient (Wildman–Crippen LogP) is 3.31. The van der Waals surface area contributed by atoms with Crippen molar-refractivity contribution in [3.63, 3.8) is 0 Å². The molecule has 1 aliphatic carbocycles. The summed E-state index contributed by atoms with van der Waals surface area (Å²) >= 11 is 3.14. The van der Waals surface area contributed by atoms with Crippen LogP contribution in [0.4, 0.5) is 0 Å². The molecule has 1 fully saturated rings. The highest BCUT2D eigenvalue weighted by Crippen LogP contribution is 2.30.